The molecule has 226 valence electrons. The smallest absolute Gasteiger partial charge is 0.379 e. The van der Waals surface area contributed by atoms with Crippen LogP contribution in [0.25, 0.3) is 11.0 Å². The maximum absolute atomic E-state index is 13.1. The summed E-state index contributed by atoms with van der Waals surface area (Å²) in [6.45, 7) is 6.30. The van der Waals surface area contributed by atoms with Gasteiger partial charge in [0, 0.05) is 33.2 Å². The topological polar surface area (TPSA) is 117 Å². The van der Waals surface area contributed by atoms with E-state index in [0.717, 1.165) is 22.1 Å². The van der Waals surface area contributed by atoms with Crippen molar-refractivity contribution >= 4 is 28.5 Å². The molecule has 45 heavy (non-hydrogen) atoms. The Bertz CT molecular complexity index is 2020. The van der Waals surface area contributed by atoms with Gasteiger partial charge in [0.25, 0.3) is 0 Å². The number of halogens is 1. The predicted octanol–water partition coefficient (Wildman–Crippen LogP) is 8.12. The van der Waals surface area contributed by atoms with E-state index in [1.54, 1.807) is 24.3 Å². The number of carbonyl (C=O) groups is 1. The fourth-order valence-corrected chi connectivity index (χ4v) is 5.58. The number of carbonyl (C=O) groups excluding carboxylic acids is 1. The van der Waals surface area contributed by atoms with Gasteiger partial charge in [-0.2, -0.15) is 5.26 Å². The highest BCUT2D eigenvalue weighted by molar-refractivity contribution is 6.31. The number of benzene rings is 4. The van der Waals surface area contributed by atoms with Crippen molar-refractivity contribution in [3.05, 3.63) is 129 Å². The minimum atomic E-state index is -0.636. The second-order valence-corrected chi connectivity index (χ2v) is 11.0. The molecule has 9 heteroatoms. The normalized spacial score (nSPS) is 14.0. The number of rotatable bonds is 8. The molecular formula is C36H29ClN2O6. The van der Waals surface area contributed by atoms with Gasteiger partial charge in [-0.15, -0.1) is 0 Å². The maximum Gasteiger partial charge on any atom is 0.379 e. The van der Waals surface area contributed by atoms with Gasteiger partial charge in [0.05, 0.1) is 12.5 Å². The number of esters is 1. The van der Waals surface area contributed by atoms with Crippen LogP contribution < -0.4 is 24.7 Å². The molecule has 0 amide bonds. The van der Waals surface area contributed by atoms with Gasteiger partial charge < -0.3 is 29.1 Å². The number of furan rings is 1. The number of allylic oxidation sites excluding steroid dienone is 1. The lowest BCUT2D eigenvalue weighted by Crippen LogP contribution is -2.21. The Kier molecular flexibility index (Phi) is 8.12. The van der Waals surface area contributed by atoms with Crippen LogP contribution in [-0.4, -0.2) is 12.6 Å². The molecule has 1 aliphatic rings. The van der Waals surface area contributed by atoms with Crippen LogP contribution in [0.15, 0.2) is 94.7 Å². The molecule has 1 aromatic heterocycles. The molecule has 0 fully saturated rings. The van der Waals surface area contributed by atoms with Gasteiger partial charge in [0.1, 0.15) is 35.3 Å². The largest absolute Gasteiger partial charge is 0.490 e. The van der Waals surface area contributed by atoms with E-state index >= 15 is 0 Å². The summed E-state index contributed by atoms with van der Waals surface area (Å²) in [6.07, 6.45) is 0. The highest BCUT2D eigenvalue weighted by Crippen LogP contribution is 2.45. The van der Waals surface area contributed by atoms with Crippen LogP contribution >= 0.6 is 11.6 Å². The molecule has 4 aromatic carbocycles. The molecule has 6 rings (SSSR count). The first kappa shape index (κ1) is 29.7. The van der Waals surface area contributed by atoms with E-state index in [2.05, 4.69) is 6.07 Å². The third kappa shape index (κ3) is 5.78. The van der Waals surface area contributed by atoms with E-state index in [9.17, 15) is 10.1 Å². The number of nitriles is 1. The van der Waals surface area contributed by atoms with Crippen molar-refractivity contribution in [2.45, 2.75) is 33.3 Å². The highest BCUT2D eigenvalue weighted by Gasteiger charge is 2.32. The number of nitrogens with two attached hydrogens (primary N) is 1. The molecule has 1 aliphatic heterocycles. The third-order valence-electron chi connectivity index (χ3n) is 7.62. The molecule has 0 radical (unpaired) electrons. The molecule has 1 unspecified atom stereocenters. The quantitative estimate of drug-likeness (QED) is 0.136. The van der Waals surface area contributed by atoms with E-state index in [4.69, 9.17) is 40.7 Å². The Morgan fingerprint density at radius 3 is 2.60 bits per heavy atom. The Balaban J connectivity index is 1.30. The highest BCUT2D eigenvalue weighted by atomic mass is 35.5. The minimum absolute atomic E-state index is 0.0426. The second-order valence-electron chi connectivity index (χ2n) is 10.6. The van der Waals surface area contributed by atoms with Crippen molar-refractivity contribution in [3.8, 4) is 29.1 Å². The number of fused-ring (bicyclic) bond motifs is 2. The summed E-state index contributed by atoms with van der Waals surface area (Å²) in [6, 6.07) is 25.9. The minimum Gasteiger partial charge on any atom is -0.490 e. The number of hydrogen-bond acceptors (Lipinski definition) is 8. The van der Waals surface area contributed by atoms with Crippen LogP contribution in [0.3, 0.4) is 0 Å². The van der Waals surface area contributed by atoms with Crippen LogP contribution in [-0.2, 0) is 6.61 Å². The Morgan fingerprint density at radius 2 is 1.82 bits per heavy atom. The first-order valence-electron chi connectivity index (χ1n) is 14.3. The molecular weight excluding hydrogens is 592 g/mol. The van der Waals surface area contributed by atoms with Gasteiger partial charge in [0.15, 0.2) is 11.5 Å². The molecule has 5 aromatic rings. The van der Waals surface area contributed by atoms with Crippen LogP contribution in [0.5, 0.6) is 23.0 Å². The van der Waals surface area contributed by atoms with E-state index in [-0.39, 0.29) is 29.6 Å². The van der Waals surface area contributed by atoms with Gasteiger partial charge in [-0.1, -0.05) is 54.1 Å². The average molecular weight is 621 g/mol. The monoisotopic (exact) mass is 620 g/mol. The second kappa shape index (κ2) is 12.3. The van der Waals surface area contributed by atoms with Crippen molar-refractivity contribution in [1.29, 1.82) is 5.26 Å². The molecule has 2 heterocycles. The average Bonchev–Trinajstić information content (AvgIpc) is 3.35. The number of hydrogen-bond donors (Lipinski definition) is 1. The van der Waals surface area contributed by atoms with Crippen molar-refractivity contribution in [3.63, 3.8) is 0 Å². The fourth-order valence-electron chi connectivity index (χ4n) is 5.39. The van der Waals surface area contributed by atoms with Crippen LogP contribution in [0.1, 0.15) is 51.2 Å². The summed E-state index contributed by atoms with van der Waals surface area (Å²) in [4.78, 5) is 13.1. The van der Waals surface area contributed by atoms with Gasteiger partial charge in [-0.25, -0.2) is 4.79 Å². The lowest BCUT2D eigenvalue weighted by Gasteiger charge is -2.27. The van der Waals surface area contributed by atoms with E-state index in [1.165, 1.54) is 0 Å². The summed E-state index contributed by atoms with van der Waals surface area (Å²) >= 11 is 6.31. The van der Waals surface area contributed by atoms with Crippen molar-refractivity contribution in [1.82, 2.24) is 0 Å². The summed E-state index contributed by atoms with van der Waals surface area (Å²) < 4.78 is 29.4. The summed E-state index contributed by atoms with van der Waals surface area (Å²) in [5.74, 6) is 0.507. The van der Waals surface area contributed by atoms with Gasteiger partial charge in [-0.3, -0.25) is 0 Å². The molecule has 0 bridgehead atoms. The molecule has 0 aliphatic carbocycles. The standard InChI is InChI=1S/C36H29ClN2O6/c1-4-41-32-16-22(10-14-29(32)42-19-23-7-5-6-8-28(23)37)33-26-13-11-24(17-31(26)45-35(39)27(33)18-38)43-36(40)34-21(3)25-12-9-20(2)15-30(25)44-34/h5-17,33H,4,19,39H2,1-3H3. The Labute approximate surface area is 265 Å². The molecule has 8 nitrogen and oxygen atoms in total. The van der Waals surface area contributed by atoms with Gasteiger partial charge in [-0.05, 0) is 62.2 Å². The van der Waals surface area contributed by atoms with E-state index in [0.29, 0.717) is 45.6 Å². The summed E-state index contributed by atoms with van der Waals surface area (Å²) in [5, 5.41) is 11.5. The van der Waals surface area contributed by atoms with Gasteiger partial charge >= 0.3 is 5.97 Å². The molecule has 1 atom stereocenters. The fraction of sp³-hybridized carbons (Fsp3) is 0.167. The van der Waals surface area contributed by atoms with Crippen LogP contribution in [0.4, 0.5) is 0 Å². The van der Waals surface area contributed by atoms with Crippen molar-refractivity contribution < 1.29 is 28.2 Å². The summed E-state index contributed by atoms with van der Waals surface area (Å²) in [5.41, 5.74) is 11.1. The zero-order valence-corrected chi connectivity index (χ0v) is 25.6. The number of ether oxygens (including phenoxy) is 4. The first-order valence-corrected chi connectivity index (χ1v) is 14.7. The lowest BCUT2D eigenvalue weighted by atomic mass is 9.83. The summed E-state index contributed by atoms with van der Waals surface area (Å²) in [7, 11) is 0. The zero-order chi connectivity index (χ0) is 31.7. The number of aryl methyl sites for hydroxylation is 2. The van der Waals surface area contributed by atoms with Crippen LogP contribution in [0.2, 0.25) is 5.02 Å². The van der Waals surface area contributed by atoms with Crippen molar-refractivity contribution in [2.24, 2.45) is 5.73 Å². The molecule has 0 spiro atoms. The SMILES string of the molecule is CCOc1cc(C2C(C#N)=C(N)Oc3cc(OC(=O)c4oc5cc(C)ccc5c4C)ccc32)ccc1OCc1ccccc1Cl. The van der Waals surface area contributed by atoms with E-state index in [1.807, 2.05) is 75.4 Å². The molecule has 0 saturated heterocycles. The predicted molar refractivity (Wildman–Crippen MR) is 170 cm³/mol. The van der Waals surface area contributed by atoms with Gasteiger partial charge in [0.2, 0.25) is 11.6 Å². The number of nitrogens with zero attached hydrogens (tertiary/aromatic N) is 1. The first-order chi connectivity index (χ1) is 21.8. The maximum atomic E-state index is 13.1. The Hall–Kier alpha value is -5.39. The van der Waals surface area contributed by atoms with Crippen LogP contribution in [0, 0.1) is 25.2 Å². The lowest BCUT2D eigenvalue weighted by molar-refractivity contribution is 0.0702. The Morgan fingerprint density at radius 1 is 1.00 bits per heavy atom. The molecule has 2 N–H and O–H groups in total. The third-order valence-corrected chi connectivity index (χ3v) is 7.99. The molecule has 0 saturated carbocycles. The van der Waals surface area contributed by atoms with E-state index < -0.39 is 11.9 Å². The van der Waals surface area contributed by atoms with Crippen molar-refractivity contribution in [2.75, 3.05) is 6.61 Å². The zero-order valence-electron chi connectivity index (χ0n) is 24.8.